The van der Waals surface area contributed by atoms with E-state index in [9.17, 15) is 4.79 Å². The predicted octanol–water partition coefficient (Wildman–Crippen LogP) is 1.53. The van der Waals surface area contributed by atoms with E-state index in [4.69, 9.17) is 7.58 Å². The fraction of sp³-hybridized carbons (Fsp3) is 0.875. The first-order valence-corrected chi connectivity index (χ1v) is 6.27. The van der Waals surface area contributed by atoms with E-state index in [0.717, 1.165) is 19.1 Å². The third-order valence-electron chi connectivity index (χ3n) is 1.30. The number of hydrogen-bond acceptors (Lipinski definition) is 3. The highest BCUT2D eigenvalue weighted by Crippen LogP contribution is 1.97. The van der Waals surface area contributed by atoms with Crippen molar-refractivity contribution in [2.45, 2.75) is 32.0 Å². The molecule has 0 aliphatic rings. The molecule has 0 fully saturated rings. The lowest BCUT2D eigenvalue weighted by Crippen LogP contribution is -2.24. The molecule has 0 rings (SSSR count). The van der Waals surface area contributed by atoms with Gasteiger partial charge in [0.2, 0.25) is 0 Å². The van der Waals surface area contributed by atoms with Crippen LogP contribution in [0.15, 0.2) is 0 Å². The van der Waals surface area contributed by atoms with Crippen molar-refractivity contribution in [3.8, 4) is 0 Å². The zero-order chi connectivity index (χ0) is 9.23. The number of rotatable bonds is 8. The average Bonchev–Trinajstić information content (AvgIpc) is 2.10. The second-order valence-electron chi connectivity index (χ2n) is 2.57. The van der Waals surface area contributed by atoms with Crippen LogP contribution in [0.3, 0.4) is 0 Å². The summed E-state index contributed by atoms with van der Waals surface area (Å²) < 4.78 is 10.8. The summed E-state index contributed by atoms with van der Waals surface area (Å²) in [5, 5.41) is 0.472. The molecule has 0 atom stereocenters. The Kier molecular flexibility index (Phi) is 9.31. The van der Waals surface area contributed by atoms with Gasteiger partial charge in [-0.2, -0.15) is 0 Å². The van der Waals surface area contributed by atoms with Gasteiger partial charge in [-0.25, -0.2) is 0 Å². The van der Waals surface area contributed by atoms with Gasteiger partial charge in [-0.15, -0.1) is 0 Å². The van der Waals surface area contributed by atoms with Crippen LogP contribution in [0.5, 0.6) is 0 Å². The van der Waals surface area contributed by atoms with E-state index in [2.05, 4.69) is 0 Å². The third-order valence-corrected chi connectivity index (χ3v) is 3.10. The zero-order valence-electron chi connectivity index (χ0n) is 7.91. The van der Waals surface area contributed by atoms with Gasteiger partial charge in [0.05, 0.1) is 0 Å². The average molecular weight is 188 g/mol. The molecule has 12 heavy (non-hydrogen) atoms. The summed E-state index contributed by atoms with van der Waals surface area (Å²) >= 11 is -1.64. The van der Waals surface area contributed by atoms with Crippen LogP contribution in [-0.2, 0) is 12.4 Å². The summed E-state index contributed by atoms with van der Waals surface area (Å²) in [7, 11) is 0. The lowest BCUT2D eigenvalue weighted by Gasteiger charge is -2.09. The first-order valence-electron chi connectivity index (χ1n) is 4.52. The molecule has 0 aliphatic heterocycles. The SMILES string of the molecule is CCC[O][Al]([CH2]C=O)[O]CCC. The van der Waals surface area contributed by atoms with Crippen molar-refractivity contribution in [2.24, 2.45) is 0 Å². The molecule has 0 bridgehead atoms. The Hall–Kier alpha value is 0.122. The van der Waals surface area contributed by atoms with E-state index in [0.29, 0.717) is 18.5 Å². The van der Waals surface area contributed by atoms with E-state index < -0.39 is 14.8 Å². The Morgan fingerprint density at radius 1 is 1.17 bits per heavy atom. The van der Waals surface area contributed by atoms with E-state index in [1.54, 1.807) is 0 Å². The van der Waals surface area contributed by atoms with E-state index in [1.165, 1.54) is 0 Å². The summed E-state index contributed by atoms with van der Waals surface area (Å²) in [5.74, 6) is 0. The number of aldehydes is 1. The molecule has 0 radical (unpaired) electrons. The maximum atomic E-state index is 10.2. The molecule has 0 aliphatic carbocycles. The highest BCUT2D eigenvalue weighted by molar-refractivity contribution is 6.47. The number of carbonyl (C=O) groups excluding carboxylic acids is 1. The molecule has 0 aromatic carbocycles. The minimum absolute atomic E-state index is 0.472. The third kappa shape index (κ3) is 6.81. The molecule has 0 saturated heterocycles. The van der Waals surface area contributed by atoms with Gasteiger partial charge in [0.25, 0.3) is 0 Å². The van der Waals surface area contributed by atoms with E-state index in [-0.39, 0.29) is 0 Å². The summed E-state index contributed by atoms with van der Waals surface area (Å²) in [6.07, 6.45) is 2.86. The minimum atomic E-state index is -1.64. The van der Waals surface area contributed by atoms with Crippen molar-refractivity contribution in [3.63, 3.8) is 0 Å². The Morgan fingerprint density at radius 3 is 2.00 bits per heavy atom. The summed E-state index contributed by atoms with van der Waals surface area (Å²) in [6.45, 7) is 5.53. The number of carbonyl (C=O) groups is 1. The lowest BCUT2D eigenvalue weighted by atomic mass is 10.5. The zero-order valence-corrected chi connectivity index (χ0v) is 9.07. The van der Waals surface area contributed by atoms with Gasteiger partial charge in [-0.1, -0.05) is 13.8 Å². The normalized spacial score (nSPS) is 9.83. The number of hydrogen-bond donors (Lipinski definition) is 0. The Morgan fingerprint density at radius 2 is 1.67 bits per heavy atom. The van der Waals surface area contributed by atoms with Gasteiger partial charge in [0.15, 0.2) is 0 Å². The van der Waals surface area contributed by atoms with Gasteiger partial charge in [-0.3, -0.25) is 0 Å². The summed E-state index contributed by atoms with van der Waals surface area (Å²) in [4.78, 5) is 10.2. The molecule has 0 unspecified atom stereocenters. The Balaban J connectivity index is 3.46. The predicted molar refractivity (Wildman–Crippen MR) is 49.1 cm³/mol. The highest BCUT2D eigenvalue weighted by Gasteiger charge is 2.23. The molecule has 0 saturated carbocycles. The van der Waals surface area contributed by atoms with Crippen LogP contribution in [0.4, 0.5) is 0 Å². The molecular formula is C8H17AlO3. The molecule has 0 heterocycles. The van der Waals surface area contributed by atoms with Crippen molar-refractivity contribution in [1.29, 1.82) is 0 Å². The fourth-order valence-electron chi connectivity index (χ4n) is 0.761. The molecule has 70 valence electrons. The van der Waals surface area contributed by atoms with E-state index in [1.807, 2.05) is 13.8 Å². The maximum Gasteiger partial charge on any atom is 0.682 e. The van der Waals surface area contributed by atoms with Crippen LogP contribution in [0.2, 0.25) is 5.28 Å². The van der Waals surface area contributed by atoms with Crippen molar-refractivity contribution >= 4 is 21.1 Å². The first-order chi connectivity index (χ1) is 5.85. The quantitative estimate of drug-likeness (QED) is 0.428. The molecule has 0 aromatic rings. The maximum absolute atomic E-state index is 10.2. The summed E-state index contributed by atoms with van der Waals surface area (Å²) in [6, 6.07) is 0. The molecule has 3 nitrogen and oxygen atoms in total. The van der Waals surface area contributed by atoms with Crippen molar-refractivity contribution < 1.29 is 12.4 Å². The van der Waals surface area contributed by atoms with Crippen LogP contribution in [-0.4, -0.2) is 34.3 Å². The van der Waals surface area contributed by atoms with Crippen LogP contribution < -0.4 is 0 Å². The molecule has 0 aromatic heterocycles. The fourth-order valence-corrected chi connectivity index (χ4v) is 2.28. The van der Waals surface area contributed by atoms with Crippen LogP contribution >= 0.6 is 0 Å². The first kappa shape index (κ1) is 12.1. The van der Waals surface area contributed by atoms with Gasteiger partial charge in [0, 0.05) is 18.5 Å². The molecule has 0 N–H and O–H groups in total. The van der Waals surface area contributed by atoms with Gasteiger partial charge in [0.1, 0.15) is 6.29 Å². The molecule has 4 heteroatoms. The minimum Gasteiger partial charge on any atom is -0.478 e. The monoisotopic (exact) mass is 188 g/mol. The van der Waals surface area contributed by atoms with Crippen molar-refractivity contribution in [3.05, 3.63) is 0 Å². The molecule has 0 spiro atoms. The van der Waals surface area contributed by atoms with Crippen molar-refractivity contribution in [2.75, 3.05) is 13.2 Å². The van der Waals surface area contributed by atoms with Gasteiger partial charge in [-0.05, 0) is 12.8 Å². The molecular weight excluding hydrogens is 171 g/mol. The second-order valence-corrected chi connectivity index (χ2v) is 4.57. The smallest absolute Gasteiger partial charge is 0.478 e. The lowest BCUT2D eigenvalue weighted by molar-refractivity contribution is -0.106. The summed E-state index contributed by atoms with van der Waals surface area (Å²) in [5.41, 5.74) is 0. The van der Waals surface area contributed by atoms with Crippen LogP contribution in [0, 0.1) is 0 Å². The van der Waals surface area contributed by atoms with Crippen LogP contribution in [0.1, 0.15) is 26.7 Å². The standard InChI is InChI=1S/2C3H7O.C2H3O.Al/c2*1-2-3-4;1-2-3;/h2*2-3H2,1H3;2H,1H2;/q2*-1;;+2. The Labute approximate surface area is 79.1 Å². The van der Waals surface area contributed by atoms with E-state index >= 15 is 0 Å². The highest BCUT2D eigenvalue weighted by atomic mass is 27.2. The Bertz CT molecular complexity index is 100. The largest absolute Gasteiger partial charge is 0.682 e. The van der Waals surface area contributed by atoms with Gasteiger partial charge < -0.3 is 12.4 Å². The molecule has 0 amide bonds. The topological polar surface area (TPSA) is 35.5 Å². The van der Waals surface area contributed by atoms with Crippen molar-refractivity contribution in [1.82, 2.24) is 0 Å². The van der Waals surface area contributed by atoms with Crippen LogP contribution in [0.25, 0.3) is 0 Å². The van der Waals surface area contributed by atoms with Gasteiger partial charge >= 0.3 is 14.8 Å². The second kappa shape index (κ2) is 9.21.